The first kappa shape index (κ1) is 14.4. The Kier molecular flexibility index (Phi) is 5.23. The van der Waals surface area contributed by atoms with Gasteiger partial charge in [0.05, 0.1) is 13.2 Å². The van der Waals surface area contributed by atoms with Crippen molar-refractivity contribution >= 4 is 0 Å². The van der Waals surface area contributed by atoms with Gasteiger partial charge in [0, 0.05) is 24.6 Å². The number of hydrogen-bond donors (Lipinski definition) is 1. The van der Waals surface area contributed by atoms with Crippen LogP contribution in [0, 0.1) is 5.41 Å². The van der Waals surface area contributed by atoms with Gasteiger partial charge in [0.1, 0.15) is 5.75 Å². The Labute approximate surface area is 116 Å². The van der Waals surface area contributed by atoms with E-state index in [4.69, 9.17) is 9.47 Å². The summed E-state index contributed by atoms with van der Waals surface area (Å²) in [5.74, 6) is 0.952. The molecule has 0 aliphatic carbocycles. The molecule has 1 heterocycles. The van der Waals surface area contributed by atoms with Crippen molar-refractivity contribution in [2.45, 2.75) is 32.7 Å². The quantitative estimate of drug-likeness (QED) is 0.820. The van der Waals surface area contributed by atoms with Gasteiger partial charge >= 0.3 is 0 Å². The van der Waals surface area contributed by atoms with Gasteiger partial charge in [0.15, 0.2) is 0 Å². The molecule has 106 valence electrons. The molecular formula is C16H25NO2. The second-order valence-electron chi connectivity index (χ2n) is 5.75. The maximum absolute atomic E-state index is 5.82. The highest BCUT2D eigenvalue weighted by atomic mass is 16.5. The van der Waals surface area contributed by atoms with E-state index in [1.807, 2.05) is 30.3 Å². The summed E-state index contributed by atoms with van der Waals surface area (Å²) in [6.45, 7) is 7.87. The van der Waals surface area contributed by atoms with Crippen molar-refractivity contribution < 1.29 is 9.47 Å². The molecule has 0 radical (unpaired) electrons. The average molecular weight is 263 g/mol. The summed E-state index contributed by atoms with van der Waals surface area (Å²) >= 11 is 0. The fourth-order valence-electron chi connectivity index (χ4n) is 2.40. The molecule has 0 aromatic heterocycles. The molecule has 3 nitrogen and oxygen atoms in total. The van der Waals surface area contributed by atoms with E-state index in [2.05, 4.69) is 19.2 Å². The van der Waals surface area contributed by atoms with Gasteiger partial charge in [0.2, 0.25) is 0 Å². The van der Waals surface area contributed by atoms with Gasteiger partial charge in [-0.3, -0.25) is 0 Å². The number of ether oxygens (including phenoxy) is 2. The minimum Gasteiger partial charge on any atom is -0.494 e. The zero-order chi connectivity index (χ0) is 13.6. The lowest BCUT2D eigenvalue weighted by Crippen LogP contribution is -2.39. The molecule has 1 unspecified atom stereocenters. The molecule has 1 saturated heterocycles. The first-order valence-electron chi connectivity index (χ1n) is 7.19. The summed E-state index contributed by atoms with van der Waals surface area (Å²) in [7, 11) is 0. The summed E-state index contributed by atoms with van der Waals surface area (Å²) in [6.07, 6.45) is 2.17. The first-order chi connectivity index (χ1) is 9.20. The summed E-state index contributed by atoms with van der Waals surface area (Å²) in [5.41, 5.74) is 0.249. The second-order valence-corrected chi connectivity index (χ2v) is 5.75. The summed E-state index contributed by atoms with van der Waals surface area (Å²) in [4.78, 5) is 0. The minimum atomic E-state index is 0.249. The van der Waals surface area contributed by atoms with Crippen molar-refractivity contribution in [2.24, 2.45) is 5.41 Å². The molecule has 0 spiro atoms. The molecule has 0 bridgehead atoms. The molecule has 19 heavy (non-hydrogen) atoms. The minimum absolute atomic E-state index is 0.249. The molecule has 0 amide bonds. The largest absolute Gasteiger partial charge is 0.494 e. The van der Waals surface area contributed by atoms with E-state index in [9.17, 15) is 0 Å². The third-order valence-corrected chi connectivity index (χ3v) is 3.71. The maximum Gasteiger partial charge on any atom is 0.119 e. The Morgan fingerprint density at radius 2 is 2.11 bits per heavy atom. The monoisotopic (exact) mass is 263 g/mol. The van der Waals surface area contributed by atoms with Crippen molar-refractivity contribution in [1.82, 2.24) is 5.32 Å². The zero-order valence-corrected chi connectivity index (χ0v) is 12.0. The standard InChI is InChI=1S/C16H25NO2/c1-14(2)17-12-16(8-10-18-13-16)9-11-19-15-6-4-3-5-7-15/h3-7,14,17H,8-13H2,1-2H3. The van der Waals surface area contributed by atoms with Crippen molar-refractivity contribution in [3.05, 3.63) is 30.3 Å². The van der Waals surface area contributed by atoms with Crippen LogP contribution in [0.15, 0.2) is 30.3 Å². The van der Waals surface area contributed by atoms with Gasteiger partial charge in [-0.1, -0.05) is 32.0 Å². The van der Waals surface area contributed by atoms with E-state index in [0.717, 1.165) is 45.0 Å². The third-order valence-electron chi connectivity index (χ3n) is 3.71. The second kappa shape index (κ2) is 6.92. The summed E-state index contributed by atoms with van der Waals surface area (Å²) < 4.78 is 11.4. The summed E-state index contributed by atoms with van der Waals surface area (Å²) in [6, 6.07) is 10.5. The highest BCUT2D eigenvalue weighted by Gasteiger charge is 2.34. The zero-order valence-electron chi connectivity index (χ0n) is 12.0. The molecule has 2 rings (SSSR count). The van der Waals surface area contributed by atoms with E-state index in [0.29, 0.717) is 6.04 Å². The van der Waals surface area contributed by atoms with E-state index < -0.39 is 0 Å². The highest BCUT2D eigenvalue weighted by molar-refractivity contribution is 5.20. The molecule has 3 heteroatoms. The molecule has 1 aromatic carbocycles. The van der Waals surface area contributed by atoms with Crippen LogP contribution in [0.3, 0.4) is 0 Å². The van der Waals surface area contributed by atoms with E-state index in [-0.39, 0.29) is 5.41 Å². The van der Waals surface area contributed by atoms with Crippen LogP contribution in [-0.2, 0) is 4.74 Å². The Morgan fingerprint density at radius 1 is 1.32 bits per heavy atom. The number of para-hydroxylation sites is 1. The Hall–Kier alpha value is -1.06. The molecule has 1 aliphatic rings. The number of rotatable bonds is 7. The fourth-order valence-corrected chi connectivity index (χ4v) is 2.40. The average Bonchev–Trinajstić information content (AvgIpc) is 2.87. The van der Waals surface area contributed by atoms with Crippen molar-refractivity contribution in [2.75, 3.05) is 26.4 Å². The van der Waals surface area contributed by atoms with Gasteiger partial charge in [-0.25, -0.2) is 0 Å². The Morgan fingerprint density at radius 3 is 2.74 bits per heavy atom. The molecule has 1 atom stereocenters. The maximum atomic E-state index is 5.82. The number of hydrogen-bond acceptors (Lipinski definition) is 3. The van der Waals surface area contributed by atoms with Crippen LogP contribution in [0.4, 0.5) is 0 Å². The molecular weight excluding hydrogens is 238 g/mol. The van der Waals surface area contributed by atoms with Crippen molar-refractivity contribution in [3.63, 3.8) is 0 Å². The van der Waals surface area contributed by atoms with Gasteiger partial charge < -0.3 is 14.8 Å². The molecule has 1 aliphatic heterocycles. The molecule has 1 N–H and O–H groups in total. The van der Waals surface area contributed by atoms with E-state index >= 15 is 0 Å². The lowest BCUT2D eigenvalue weighted by Gasteiger charge is -2.28. The highest BCUT2D eigenvalue weighted by Crippen LogP contribution is 2.32. The smallest absolute Gasteiger partial charge is 0.119 e. The number of nitrogens with one attached hydrogen (secondary N) is 1. The van der Waals surface area contributed by atoms with E-state index in [1.165, 1.54) is 0 Å². The number of benzene rings is 1. The van der Waals surface area contributed by atoms with Crippen LogP contribution in [-0.4, -0.2) is 32.4 Å². The normalized spacial score (nSPS) is 22.9. The van der Waals surface area contributed by atoms with Crippen molar-refractivity contribution in [3.8, 4) is 5.75 Å². The van der Waals surface area contributed by atoms with Crippen LogP contribution < -0.4 is 10.1 Å². The third kappa shape index (κ3) is 4.51. The van der Waals surface area contributed by atoms with Gasteiger partial charge in [-0.15, -0.1) is 0 Å². The van der Waals surface area contributed by atoms with Crippen molar-refractivity contribution in [1.29, 1.82) is 0 Å². The lowest BCUT2D eigenvalue weighted by molar-refractivity contribution is 0.127. The topological polar surface area (TPSA) is 30.5 Å². The van der Waals surface area contributed by atoms with Crippen LogP contribution in [0.25, 0.3) is 0 Å². The first-order valence-corrected chi connectivity index (χ1v) is 7.19. The molecule has 1 fully saturated rings. The Balaban J connectivity index is 1.80. The predicted molar refractivity (Wildman–Crippen MR) is 77.6 cm³/mol. The molecule has 1 aromatic rings. The van der Waals surface area contributed by atoms with Gasteiger partial charge in [-0.2, -0.15) is 0 Å². The van der Waals surface area contributed by atoms with Crippen LogP contribution >= 0.6 is 0 Å². The SMILES string of the molecule is CC(C)NCC1(CCOc2ccccc2)CCOC1. The lowest BCUT2D eigenvalue weighted by atomic mass is 9.84. The fraction of sp³-hybridized carbons (Fsp3) is 0.625. The van der Waals surface area contributed by atoms with Crippen LogP contribution in [0.1, 0.15) is 26.7 Å². The summed E-state index contributed by atoms with van der Waals surface area (Å²) in [5, 5.41) is 3.54. The molecule has 0 saturated carbocycles. The van der Waals surface area contributed by atoms with Gasteiger partial charge in [-0.05, 0) is 25.0 Å². The predicted octanol–water partition coefficient (Wildman–Crippen LogP) is 2.86. The van der Waals surface area contributed by atoms with Crippen LogP contribution in [0.5, 0.6) is 5.75 Å². The van der Waals surface area contributed by atoms with Gasteiger partial charge in [0.25, 0.3) is 0 Å². The van der Waals surface area contributed by atoms with E-state index in [1.54, 1.807) is 0 Å². The Bertz CT molecular complexity index is 358. The van der Waals surface area contributed by atoms with Crippen LogP contribution in [0.2, 0.25) is 0 Å².